The van der Waals surface area contributed by atoms with E-state index in [4.69, 9.17) is 9.84 Å². The Bertz CT molecular complexity index is 436. The zero-order chi connectivity index (χ0) is 12.4. The van der Waals surface area contributed by atoms with Gasteiger partial charge in [0.05, 0.1) is 19.3 Å². The van der Waals surface area contributed by atoms with E-state index in [2.05, 4.69) is 31.2 Å². The minimum Gasteiger partial charge on any atom is -0.478 e. The van der Waals surface area contributed by atoms with Gasteiger partial charge >= 0.3 is 6.09 Å². The Morgan fingerprint density at radius 3 is 3.00 bits per heavy atom. The number of hydrogen-bond acceptors (Lipinski definition) is 5. The fourth-order valence-corrected chi connectivity index (χ4v) is 1.88. The number of ether oxygens (including phenoxy) is 1. The summed E-state index contributed by atoms with van der Waals surface area (Å²) >= 11 is 3.21. The van der Waals surface area contributed by atoms with Crippen LogP contribution in [-0.4, -0.2) is 47.4 Å². The van der Waals surface area contributed by atoms with Crippen LogP contribution in [0, 0.1) is 0 Å². The van der Waals surface area contributed by atoms with Crippen LogP contribution in [0.2, 0.25) is 0 Å². The summed E-state index contributed by atoms with van der Waals surface area (Å²) in [6.07, 6.45) is 0.569. The first-order valence-electron chi connectivity index (χ1n) is 4.91. The maximum atomic E-state index is 10.4. The normalized spacial score (nSPS) is 15.3. The van der Waals surface area contributed by atoms with Gasteiger partial charge in [0.2, 0.25) is 0 Å². The van der Waals surface area contributed by atoms with Crippen LogP contribution in [0.5, 0.6) is 5.88 Å². The summed E-state index contributed by atoms with van der Waals surface area (Å²) in [7, 11) is 1.52. The largest absolute Gasteiger partial charge is 0.478 e. The van der Waals surface area contributed by atoms with Crippen molar-refractivity contribution in [3.63, 3.8) is 0 Å². The molecule has 1 amide bonds. The van der Waals surface area contributed by atoms with Crippen molar-refractivity contribution in [2.24, 2.45) is 0 Å². The number of carboxylic acid groups (broad SMARTS) is 1. The molecule has 1 aromatic rings. The molecule has 0 radical (unpaired) electrons. The molecule has 0 saturated carbocycles. The first-order chi connectivity index (χ1) is 8.10. The van der Waals surface area contributed by atoms with E-state index in [9.17, 15) is 4.79 Å². The number of methoxy groups -OCH3 is 1. The number of halogens is 1. The molecule has 0 atom stereocenters. The SMILES string of the molecule is COc1nc(Br)cnc1N1CC(NC(=O)O)C1. The molecule has 8 heteroatoms. The van der Waals surface area contributed by atoms with Gasteiger partial charge in [0.1, 0.15) is 4.60 Å². The Kier molecular flexibility index (Phi) is 3.32. The minimum atomic E-state index is -1.01. The molecule has 0 spiro atoms. The predicted octanol–water partition coefficient (Wildman–Crippen LogP) is 0.704. The maximum Gasteiger partial charge on any atom is 0.405 e. The molecule has 0 aromatic carbocycles. The number of nitrogens with zero attached hydrogens (tertiary/aromatic N) is 3. The van der Waals surface area contributed by atoms with Crippen molar-refractivity contribution in [3.05, 3.63) is 10.8 Å². The first-order valence-corrected chi connectivity index (χ1v) is 5.70. The number of carbonyl (C=O) groups is 1. The Hall–Kier alpha value is -1.57. The molecule has 1 aliphatic heterocycles. The number of amides is 1. The van der Waals surface area contributed by atoms with E-state index >= 15 is 0 Å². The molecule has 1 aromatic heterocycles. The van der Waals surface area contributed by atoms with Gasteiger partial charge in [0.15, 0.2) is 5.82 Å². The lowest BCUT2D eigenvalue weighted by molar-refractivity contribution is 0.187. The van der Waals surface area contributed by atoms with Gasteiger partial charge in [-0.1, -0.05) is 0 Å². The fourth-order valence-electron chi connectivity index (χ4n) is 1.62. The summed E-state index contributed by atoms with van der Waals surface area (Å²) in [6.45, 7) is 1.14. The van der Waals surface area contributed by atoms with Crippen molar-refractivity contribution in [1.29, 1.82) is 0 Å². The molecule has 0 aliphatic carbocycles. The Balaban J connectivity index is 2.03. The first kappa shape index (κ1) is 11.9. The van der Waals surface area contributed by atoms with Crippen molar-refractivity contribution in [1.82, 2.24) is 15.3 Å². The summed E-state index contributed by atoms with van der Waals surface area (Å²) in [4.78, 5) is 20.7. The molecule has 7 nitrogen and oxygen atoms in total. The van der Waals surface area contributed by atoms with E-state index in [1.54, 1.807) is 6.20 Å². The monoisotopic (exact) mass is 302 g/mol. The number of rotatable bonds is 3. The van der Waals surface area contributed by atoms with Crippen LogP contribution < -0.4 is 15.0 Å². The van der Waals surface area contributed by atoms with Crippen LogP contribution in [0.15, 0.2) is 10.8 Å². The summed E-state index contributed by atoms with van der Waals surface area (Å²) in [5.41, 5.74) is 0. The highest BCUT2D eigenvalue weighted by molar-refractivity contribution is 9.10. The van der Waals surface area contributed by atoms with Crippen LogP contribution in [0.25, 0.3) is 0 Å². The van der Waals surface area contributed by atoms with Gasteiger partial charge in [-0.3, -0.25) is 0 Å². The van der Waals surface area contributed by atoms with Crippen LogP contribution in [0.1, 0.15) is 0 Å². The van der Waals surface area contributed by atoms with Gasteiger partial charge < -0.3 is 20.1 Å². The van der Waals surface area contributed by atoms with Gasteiger partial charge in [0.25, 0.3) is 5.88 Å². The van der Waals surface area contributed by atoms with Gasteiger partial charge in [-0.05, 0) is 15.9 Å². The van der Waals surface area contributed by atoms with E-state index in [1.165, 1.54) is 7.11 Å². The fraction of sp³-hybridized carbons (Fsp3) is 0.444. The van der Waals surface area contributed by atoms with Crippen molar-refractivity contribution in [2.75, 3.05) is 25.1 Å². The van der Waals surface area contributed by atoms with Gasteiger partial charge in [-0.15, -0.1) is 0 Å². The lowest BCUT2D eigenvalue weighted by Gasteiger charge is -2.39. The molecule has 0 bridgehead atoms. The molecular formula is C9H11BrN4O3. The lowest BCUT2D eigenvalue weighted by Crippen LogP contribution is -2.59. The third kappa shape index (κ3) is 2.57. The zero-order valence-electron chi connectivity index (χ0n) is 9.05. The lowest BCUT2D eigenvalue weighted by atomic mass is 10.1. The van der Waals surface area contributed by atoms with Crippen molar-refractivity contribution in [2.45, 2.75) is 6.04 Å². The average Bonchev–Trinajstić information content (AvgIpc) is 2.23. The van der Waals surface area contributed by atoms with E-state index in [1.807, 2.05) is 4.90 Å². The topological polar surface area (TPSA) is 87.6 Å². The van der Waals surface area contributed by atoms with Gasteiger partial charge in [0, 0.05) is 13.1 Å². The van der Waals surface area contributed by atoms with E-state index < -0.39 is 6.09 Å². The van der Waals surface area contributed by atoms with E-state index in [0.717, 1.165) is 0 Å². The minimum absolute atomic E-state index is 0.0670. The highest BCUT2D eigenvalue weighted by Gasteiger charge is 2.31. The molecule has 1 aliphatic rings. The highest BCUT2D eigenvalue weighted by atomic mass is 79.9. The molecule has 1 saturated heterocycles. The second-order valence-corrected chi connectivity index (χ2v) is 4.39. The molecule has 17 heavy (non-hydrogen) atoms. The number of hydrogen-bond donors (Lipinski definition) is 2. The van der Waals surface area contributed by atoms with E-state index in [-0.39, 0.29) is 6.04 Å². The molecule has 0 unspecified atom stereocenters. The molecular weight excluding hydrogens is 292 g/mol. The van der Waals surface area contributed by atoms with Gasteiger partial charge in [-0.25, -0.2) is 14.8 Å². The predicted molar refractivity (Wildman–Crippen MR) is 63.4 cm³/mol. The van der Waals surface area contributed by atoms with Crippen LogP contribution in [0.4, 0.5) is 10.6 Å². The van der Waals surface area contributed by atoms with Crippen LogP contribution in [0.3, 0.4) is 0 Å². The molecule has 2 rings (SSSR count). The van der Waals surface area contributed by atoms with Crippen molar-refractivity contribution >= 4 is 27.8 Å². The molecule has 2 heterocycles. The summed E-state index contributed by atoms with van der Waals surface area (Å²) in [5.74, 6) is 1.05. The second-order valence-electron chi connectivity index (χ2n) is 3.58. The number of anilines is 1. The zero-order valence-corrected chi connectivity index (χ0v) is 10.6. The molecule has 2 N–H and O–H groups in total. The highest BCUT2D eigenvalue weighted by Crippen LogP contribution is 2.28. The number of nitrogens with one attached hydrogen (secondary N) is 1. The Labute approximate surface area is 106 Å². The van der Waals surface area contributed by atoms with E-state index in [0.29, 0.717) is 29.4 Å². The second kappa shape index (κ2) is 4.74. The van der Waals surface area contributed by atoms with Crippen LogP contribution >= 0.6 is 15.9 Å². The Morgan fingerprint density at radius 1 is 1.71 bits per heavy atom. The molecule has 1 fully saturated rings. The molecule has 92 valence electrons. The average molecular weight is 303 g/mol. The third-order valence-corrected chi connectivity index (χ3v) is 2.78. The number of aromatic nitrogens is 2. The standard InChI is InChI=1S/C9H11BrN4O3/c1-17-8-7(11-2-6(10)13-8)14-3-5(4-14)12-9(15)16/h2,5,12H,3-4H2,1H3,(H,15,16). The smallest absolute Gasteiger partial charge is 0.405 e. The van der Waals surface area contributed by atoms with Crippen molar-refractivity contribution < 1.29 is 14.6 Å². The maximum absolute atomic E-state index is 10.4. The summed E-state index contributed by atoms with van der Waals surface area (Å²) < 4.78 is 5.71. The summed E-state index contributed by atoms with van der Waals surface area (Å²) in [5, 5.41) is 11.0. The van der Waals surface area contributed by atoms with Crippen LogP contribution in [-0.2, 0) is 0 Å². The third-order valence-electron chi connectivity index (χ3n) is 2.40. The van der Waals surface area contributed by atoms with Crippen molar-refractivity contribution in [3.8, 4) is 5.88 Å². The van der Waals surface area contributed by atoms with Gasteiger partial charge in [-0.2, -0.15) is 0 Å². The Morgan fingerprint density at radius 2 is 2.41 bits per heavy atom. The quantitative estimate of drug-likeness (QED) is 0.855. The summed E-state index contributed by atoms with van der Waals surface area (Å²) in [6, 6.07) is -0.0670.